The molecule has 1 aliphatic heterocycles. The van der Waals surface area contributed by atoms with Crippen molar-refractivity contribution >= 4 is 22.5 Å². The molecule has 3 heterocycles. The number of pyridine rings is 2. The van der Waals surface area contributed by atoms with E-state index in [0.717, 1.165) is 41.7 Å². The standard InChI is InChI=1S/C20H20N4O.C2H3N.2ClHO4.2Fe/c25-20(23-16-9-8-15-5-3-11-22-18(15)13-16)19-7-4-12-24(19)14-17-6-1-2-10-21-17;1-2-3;2*2-1(3,4)5;;/h1-3,5-6,8-11,13,19H,4,7,12,14H2,(H,23,25);1H3;2*(H,2,3,4,5);;/q;;;;2*+3/t19-;;;;;/m0...../s1. The molecule has 4 rings (SSSR count). The number of hydrogen-bond acceptors (Lipinski definition) is 13. The number of fused-ring (bicyclic) bond motifs is 1. The Morgan fingerprint density at radius 1 is 1.02 bits per heavy atom. The Morgan fingerprint density at radius 3 is 2.15 bits per heavy atom. The summed E-state index contributed by atoms with van der Waals surface area (Å²) in [6.45, 7) is 3.06. The predicted octanol–water partition coefficient (Wildman–Crippen LogP) is -4.49. The summed E-state index contributed by atoms with van der Waals surface area (Å²) in [5.74, 6) is 0.0451. The summed E-state index contributed by atoms with van der Waals surface area (Å²) in [7, 11) is -9.39. The van der Waals surface area contributed by atoms with Crippen LogP contribution in [0.15, 0.2) is 60.9 Å². The smallest absolute Gasteiger partial charge is 0.325 e. The number of aromatic nitrogens is 2. The molecular formula is C22H25Cl2Fe2N5O9+6. The van der Waals surface area contributed by atoms with Gasteiger partial charge in [-0.2, -0.15) is 33.2 Å². The first-order valence-electron chi connectivity index (χ1n) is 10.6. The Kier molecular flexibility index (Phi) is 20.0. The Labute approximate surface area is 255 Å². The molecule has 1 atom stereocenters. The van der Waals surface area contributed by atoms with Crippen molar-refractivity contribution in [2.45, 2.75) is 32.4 Å². The first kappa shape index (κ1) is 40.1. The van der Waals surface area contributed by atoms with Crippen molar-refractivity contribution in [1.82, 2.24) is 14.9 Å². The van der Waals surface area contributed by atoms with E-state index in [-0.39, 0.29) is 46.1 Å². The van der Waals surface area contributed by atoms with Crippen molar-refractivity contribution in [2.24, 2.45) is 0 Å². The van der Waals surface area contributed by atoms with E-state index < -0.39 is 20.5 Å². The largest absolute Gasteiger partial charge is 3.00 e. The molecule has 2 aromatic heterocycles. The average molecular weight is 686 g/mol. The van der Waals surface area contributed by atoms with Gasteiger partial charge in [0.1, 0.15) is 0 Å². The molecule has 3 N–H and O–H groups in total. The van der Waals surface area contributed by atoms with Gasteiger partial charge in [-0.15, -0.1) is 0 Å². The van der Waals surface area contributed by atoms with Crippen molar-refractivity contribution in [1.29, 1.82) is 5.26 Å². The first-order valence-corrected chi connectivity index (χ1v) is 13.1. The van der Waals surface area contributed by atoms with Crippen LogP contribution in [-0.4, -0.2) is 42.7 Å². The molecule has 1 aromatic carbocycles. The first-order chi connectivity index (χ1) is 17.7. The van der Waals surface area contributed by atoms with Gasteiger partial charge in [0.25, 0.3) is 0 Å². The molecule has 216 valence electrons. The maximum Gasteiger partial charge on any atom is 3.00 e. The third-order valence-electron chi connectivity index (χ3n) is 4.63. The van der Waals surface area contributed by atoms with Crippen LogP contribution in [0.25, 0.3) is 10.9 Å². The van der Waals surface area contributed by atoms with Gasteiger partial charge in [-0.3, -0.25) is 19.7 Å². The normalized spacial score (nSPS) is 14.2. The molecule has 0 bridgehead atoms. The van der Waals surface area contributed by atoms with E-state index in [1.807, 2.05) is 48.5 Å². The van der Waals surface area contributed by atoms with Gasteiger partial charge < -0.3 is 5.32 Å². The van der Waals surface area contributed by atoms with Crippen molar-refractivity contribution in [3.8, 4) is 6.07 Å². The second kappa shape index (κ2) is 20.0. The topological polar surface area (TPSA) is 261 Å². The Balaban J connectivity index is 0. The summed E-state index contributed by atoms with van der Waals surface area (Å²) >= 11 is 0. The summed E-state index contributed by atoms with van der Waals surface area (Å²) < 4.78 is 65.4. The van der Waals surface area contributed by atoms with Crippen molar-refractivity contribution in [3.63, 3.8) is 0 Å². The number of carbonyl (C=O) groups is 1. The number of rotatable bonds is 4. The number of likely N-dealkylation sites (tertiary alicyclic amines) is 1. The van der Waals surface area contributed by atoms with Crippen molar-refractivity contribution in [3.05, 3.63) is 66.6 Å². The van der Waals surface area contributed by atoms with Crippen LogP contribution in [0, 0.1) is 31.8 Å². The second-order valence-corrected chi connectivity index (χ2v) is 8.95. The van der Waals surface area contributed by atoms with Gasteiger partial charge in [0.2, 0.25) is 5.91 Å². The number of amides is 1. The molecule has 1 fully saturated rings. The maximum atomic E-state index is 12.8. The number of anilines is 1. The number of nitrogens with one attached hydrogen (secondary N) is 1. The quantitative estimate of drug-likeness (QED) is 0.219. The van der Waals surface area contributed by atoms with E-state index in [1.54, 1.807) is 18.5 Å². The number of benzene rings is 1. The molecule has 18 heteroatoms. The Hall–Kier alpha value is -2.00. The molecule has 0 spiro atoms. The van der Waals surface area contributed by atoms with Gasteiger partial charge in [0, 0.05) is 36.9 Å². The fourth-order valence-electron chi connectivity index (χ4n) is 3.38. The number of nitrogens with zero attached hydrogens (tertiary/aromatic N) is 4. The van der Waals surface area contributed by atoms with E-state index in [1.165, 1.54) is 6.92 Å². The minimum absolute atomic E-state index is 0. The van der Waals surface area contributed by atoms with E-state index in [2.05, 4.69) is 20.2 Å². The van der Waals surface area contributed by atoms with Gasteiger partial charge in [0.15, 0.2) is 0 Å². The van der Waals surface area contributed by atoms with Crippen LogP contribution in [0.2, 0.25) is 0 Å². The van der Waals surface area contributed by atoms with Crippen molar-refractivity contribution < 1.29 is 96.7 Å². The van der Waals surface area contributed by atoms with Crippen LogP contribution in [0.3, 0.4) is 0 Å². The number of carbonyl (C=O) groups excluding carboxylic acids is 1. The predicted molar refractivity (Wildman–Crippen MR) is 114 cm³/mol. The van der Waals surface area contributed by atoms with Gasteiger partial charge in [-0.25, -0.2) is 0 Å². The van der Waals surface area contributed by atoms with Gasteiger partial charge in [0.05, 0.1) is 53.1 Å². The Bertz CT molecular complexity index is 1160. The van der Waals surface area contributed by atoms with E-state index >= 15 is 0 Å². The average Bonchev–Trinajstić information content (AvgIpc) is 3.26. The molecule has 0 saturated carbocycles. The van der Waals surface area contributed by atoms with Crippen LogP contribution < -0.4 is 33.3 Å². The molecule has 1 saturated heterocycles. The molecule has 0 aliphatic carbocycles. The fraction of sp³-hybridized carbons (Fsp3) is 0.273. The maximum absolute atomic E-state index is 12.8. The van der Waals surface area contributed by atoms with Crippen LogP contribution in [-0.2, 0) is 45.5 Å². The zero-order valence-electron chi connectivity index (χ0n) is 20.7. The van der Waals surface area contributed by atoms with Crippen LogP contribution in [0.4, 0.5) is 5.69 Å². The zero-order valence-corrected chi connectivity index (χ0v) is 24.4. The van der Waals surface area contributed by atoms with Crippen LogP contribution in [0.1, 0.15) is 25.5 Å². The van der Waals surface area contributed by atoms with Crippen molar-refractivity contribution in [2.75, 3.05) is 11.9 Å². The summed E-state index contributed by atoms with van der Waals surface area (Å²) in [5, 5.41) is 11.4. The van der Waals surface area contributed by atoms with E-state index in [4.69, 9.17) is 42.5 Å². The summed E-state index contributed by atoms with van der Waals surface area (Å²) in [4.78, 5) is 23.7. The Morgan fingerprint density at radius 2 is 1.60 bits per heavy atom. The van der Waals surface area contributed by atoms with E-state index in [9.17, 15) is 4.79 Å². The number of halogens is 2. The summed E-state index contributed by atoms with van der Waals surface area (Å²) in [6.07, 6.45) is 5.47. The number of nitriles is 1. The SMILES string of the molecule is CC#N.O=C(Nc1ccc2cccnc2c1)[C@@H]1CCCN1Cc1ccccn1.[Fe+3].[Fe+3].[O-][Cl+3]([O-])([O-])O.[O-][Cl+3]([O-])([O-])O. The molecule has 40 heavy (non-hydrogen) atoms. The summed E-state index contributed by atoms with van der Waals surface area (Å²) in [5.41, 5.74) is 2.68. The fourth-order valence-corrected chi connectivity index (χ4v) is 3.38. The monoisotopic (exact) mass is 685 g/mol. The third kappa shape index (κ3) is 19.1. The minimum atomic E-state index is -4.69. The molecule has 3 aromatic rings. The van der Waals surface area contributed by atoms with Gasteiger partial charge >= 0.3 is 34.1 Å². The second-order valence-electron chi connectivity index (χ2n) is 7.37. The molecule has 1 aliphatic rings. The molecule has 2 radical (unpaired) electrons. The van der Waals surface area contributed by atoms with Crippen LogP contribution in [0.5, 0.6) is 0 Å². The number of hydrogen-bond donors (Lipinski definition) is 3. The zero-order chi connectivity index (χ0) is 28.8. The minimum Gasteiger partial charge on any atom is -0.325 e. The van der Waals surface area contributed by atoms with Gasteiger partial charge in [-0.05, 0) is 49.7 Å². The van der Waals surface area contributed by atoms with E-state index in [0.29, 0.717) is 6.54 Å². The molecule has 14 nitrogen and oxygen atoms in total. The molecule has 1 amide bonds. The van der Waals surface area contributed by atoms with Crippen LogP contribution >= 0.6 is 0 Å². The molecule has 0 unspecified atom stereocenters. The molecular weight excluding hydrogens is 661 g/mol. The summed E-state index contributed by atoms with van der Waals surface area (Å²) in [6, 6.07) is 17.3. The third-order valence-corrected chi connectivity index (χ3v) is 4.63. The van der Waals surface area contributed by atoms with Gasteiger partial charge in [-0.1, -0.05) is 18.2 Å².